The maximum Gasteiger partial charge on any atom is 0.414 e. The summed E-state index contributed by atoms with van der Waals surface area (Å²) in [6.07, 6.45) is -8.63. The minimum absolute atomic E-state index is 0.159. The first-order valence-corrected chi connectivity index (χ1v) is 5.36. The van der Waals surface area contributed by atoms with E-state index in [1.165, 1.54) is 7.11 Å². The number of carbonyl (C=O) groups excluding carboxylic acids is 1. The van der Waals surface area contributed by atoms with Gasteiger partial charge >= 0.3 is 12.1 Å². The van der Waals surface area contributed by atoms with Crippen LogP contribution in [0.4, 0.5) is 13.2 Å². The number of esters is 1. The lowest BCUT2D eigenvalue weighted by atomic mass is 10.2. The number of carbonyl (C=O) groups is 1. The molecule has 0 aliphatic rings. The fourth-order valence-corrected chi connectivity index (χ4v) is 1.22. The highest BCUT2D eigenvalue weighted by Gasteiger charge is 2.39. The SMILES string of the molecule is COc1ccc(COC(=O)CC(O)C(F)(F)F)cc1. The third kappa shape index (κ3) is 5.17. The number of methoxy groups -OCH3 is 1. The number of aliphatic hydroxyl groups is 1. The van der Waals surface area contributed by atoms with Gasteiger partial charge in [-0.1, -0.05) is 12.1 Å². The topological polar surface area (TPSA) is 55.8 Å². The Kier molecular flexibility index (Phi) is 5.17. The Balaban J connectivity index is 2.41. The van der Waals surface area contributed by atoms with Crippen LogP contribution >= 0.6 is 0 Å². The molecule has 0 heterocycles. The van der Waals surface area contributed by atoms with Crippen LogP contribution in [-0.4, -0.2) is 30.5 Å². The van der Waals surface area contributed by atoms with Crippen LogP contribution in [0, 0.1) is 0 Å². The number of halogens is 3. The van der Waals surface area contributed by atoms with Gasteiger partial charge in [0.25, 0.3) is 0 Å². The van der Waals surface area contributed by atoms with E-state index in [0.717, 1.165) is 0 Å². The molecule has 1 unspecified atom stereocenters. The molecular weight excluding hydrogens is 265 g/mol. The van der Waals surface area contributed by atoms with E-state index in [0.29, 0.717) is 11.3 Å². The van der Waals surface area contributed by atoms with Crippen LogP contribution in [0.2, 0.25) is 0 Å². The number of hydrogen-bond acceptors (Lipinski definition) is 4. The molecule has 7 heteroatoms. The van der Waals surface area contributed by atoms with Crippen molar-refractivity contribution in [2.75, 3.05) is 7.11 Å². The maximum absolute atomic E-state index is 12.0. The van der Waals surface area contributed by atoms with Crippen molar-refractivity contribution in [1.82, 2.24) is 0 Å². The van der Waals surface area contributed by atoms with Crippen LogP contribution in [0.1, 0.15) is 12.0 Å². The van der Waals surface area contributed by atoms with E-state index in [9.17, 15) is 18.0 Å². The summed E-state index contributed by atoms with van der Waals surface area (Å²) >= 11 is 0. The lowest BCUT2D eigenvalue weighted by Gasteiger charge is -2.13. The molecular formula is C12H13F3O4. The van der Waals surface area contributed by atoms with Crippen molar-refractivity contribution in [2.45, 2.75) is 25.3 Å². The molecule has 0 saturated carbocycles. The molecule has 0 radical (unpaired) electrons. The first-order valence-electron chi connectivity index (χ1n) is 5.36. The third-order valence-corrected chi connectivity index (χ3v) is 2.30. The number of alkyl halides is 3. The van der Waals surface area contributed by atoms with E-state index in [4.69, 9.17) is 9.84 Å². The zero-order valence-corrected chi connectivity index (χ0v) is 10.1. The molecule has 0 bridgehead atoms. The predicted octanol–water partition coefficient (Wildman–Crippen LogP) is 2.05. The highest BCUT2D eigenvalue weighted by Crippen LogP contribution is 2.22. The number of rotatable bonds is 5. The largest absolute Gasteiger partial charge is 0.497 e. The van der Waals surface area contributed by atoms with Crippen molar-refractivity contribution in [3.63, 3.8) is 0 Å². The van der Waals surface area contributed by atoms with Crippen LogP contribution in [-0.2, 0) is 16.1 Å². The monoisotopic (exact) mass is 278 g/mol. The van der Waals surface area contributed by atoms with E-state index in [1.807, 2.05) is 0 Å². The van der Waals surface area contributed by atoms with Crippen molar-refractivity contribution in [2.24, 2.45) is 0 Å². The molecule has 1 rings (SSSR count). The predicted molar refractivity (Wildman–Crippen MR) is 59.5 cm³/mol. The second-order valence-electron chi connectivity index (χ2n) is 3.77. The van der Waals surface area contributed by atoms with E-state index >= 15 is 0 Å². The number of aliphatic hydroxyl groups excluding tert-OH is 1. The standard InChI is InChI=1S/C12H13F3O4/c1-18-9-4-2-8(3-5-9)7-19-11(17)6-10(16)12(13,14)15/h2-5,10,16H,6-7H2,1H3. The molecule has 0 aliphatic heterocycles. The second-order valence-corrected chi connectivity index (χ2v) is 3.77. The van der Waals surface area contributed by atoms with Crippen molar-refractivity contribution >= 4 is 5.97 Å². The first kappa shape index (κ1) is 15.3. The van der Waals surface area contributed by atoms with Gasteiger partial charge in [-0.25, -0.2) is 0 Å². The Bertz CT molecular complexity index is 414. The zero-order chi connectivity index (χ0) is 14.5. The molecule has 1 aromatic carbocycles. The Labute approximate surface area is 107 Å². The number of benzene rings is 1. The van der Waals surface area contributed by atoms with Gasteiger partial charge in [0.05, 0.1) is 13.5 Å². The molecule has 0 spiro atoms. The van der Waals surface area contributed by atoms with Gasteiger partial charge in [0.15, 0.2) is 6.10 Å². The van der Waals surface area contributed by atoms with E-state index in [2.05, 4.69) is 4.74 Å². The average molecular weight is 278 g/mol. The highest BCUT2D eigenvalue weighted by molar-refractivity contribution is 5.70. The Hall–Kier alpha value is -1.76. The highest BCUT2D eigenvalue weighted by atomic mass is 19.4. The van der Waals surface area contributed by atoms with Gasteiger partial charge in [0.2, 0.25) is 0 Å². The normalized spacial score (nSPS) is 12.9. The molecule has 19 heavy (non-hydrogen) atoms. The van der Waals surface area contributed by atoms with Crippen molar-refractivity contribution in [3.8, 4) is 5.75 Å². The Morgan fingerprint density at radius 1 is 1.32 bits per heavy atom. The summed E-state index contributed by atoms with van der Waals surface area (Å²) in [4.78, 5) is 11.1. The quantitative estimate of drug-likeness (QED) is 0.837. The van der Waals surface area contributed by atoms with Gasteiger partial charge in [-0.05, 0) is 17.7 Å². The van der Waals surface area contributed by atoms with Crippen LogP contribution < -0.4 is 4.74 Å². The molecule has 0 saturated heterocycles. The maximum atomic E-state index is 12.0. The minimum atomic E-state index is -4.82. The minimum Gasteiger partial charge on any atom is -0.497 e. The molecule has 1 aromatic rings. The Morgan fingerprint density at radius 3 is 2.37 bits per heavy atom. The van der Waals surface area contributed by atoms with E-state index in [1.54, 1.807) is 24.3 Å². The lowest BCUT2D eigenvalue weighted by molar-refractivity contribution is -0.209. The Morgan fingerprint density at radius 2 is 1.89 bits per heavy atom. The summed E-state index contributed by atoms with van der Waals surface area (Å²) in [7, 11) is 1.49. The molecule has 0 fully saturated rings. The van der Waals surface area contributed by atoms with Crippen molar-refractivity contribution < 1.29 is 32.5 Å². The molecule has 0 amide bonds. The molecule has 4 nitrogen and oxygen atoms in total. The fourth-order valence-electron chi connectivity index (χ4n) is 1.22. The van der Waals surface area contributed by atoms with Crippen LogP contribution in [0.3, 0.4) is 0 Å². The van der Waals surface area contributed by atoms with Gasteiger partial charge in [0.1, 0.15) is 12.4 Å². The summed E-state index contributed by atoms with van der Waals surface area (Å²) in [6, 6.07) is 6.50. The smallest absolute Gasteiger partial charge is 0.414 e. The molecule has 0 aromatic heterocycles. The summed E-state index contributed by atoms with van der Waals surface area (Å²) in [5, 5.41) is 8.68. The van der Waals surface area contributed by atoms with E-state index in [-0.39, 0.29) is 6.61 Å². The van der Waals surface area contributed by atoms with Crippen LogP contribution in [0.5, 0.6) is 5.75 Å². The van der Waals surface area contributed by atoms with Gasteiger partial charge in [-0.15, -0.1) is 0 Å². The van der Waals surface area contributed by atoms with Crippen LogP contribution in [0.15, 0.2) is 24.3 Å². The third-order valence-electron chi connectivity index (χ3n) is 2.30. The average Bonchev–Trinajstić information content (AvgIpc) is 2.35. The summed E-state index contributed by atoms with van der Waals surface area (Å²) in [5.74, 6) is -0.497. The summed E-state index contributed by atoms with van der Waals surface area (Å²) < 4.78 is 45.5. The van der Waals surface area contributed by atoms with Crippen LogP contribution in [0.25, 0.3) is 0 Å². The van der Waals surface area contributed by atoms with Gasteiger partial charge in [0, 0.05) is 0 Å². The van der Waals surface area contributed by atoms with Crippen molar-refractivity contribution in [3.05, 3.63) is 29.8 Å². The van der Waals surface area contributed by atoms with Gasteiger partial charge in [-0.3, -0.25) is 4.79 Å². The fraction of sp³-hybridized carbons (Fsp3) is 0.417. The molecule has 106 valence electrons. The zero-order valence-electron chi connectivity index (χ0n) is 10.1. The molecule has 0 aliphatic carbocycles. The molecule has 1 atom stereocenters. The summed E-state index contributed by atoms with van der Waals surface area (Å²) in [5.41, 5.74) is 0.607. The number of ether oxygens (including phenoxy) is 2. The first-order chi connectivity index (χ1) is 8.82. The lowest BCUT2D eigenvalue weighted by Crippen LogP contribution is -2.31. The number of hydrogen-bond donors (Lipinski definition) is 1. The van der Waals surface area contributed by atoms with E-state index < -0.39 is 24.7 Å². The summed E-state index contributed by atoms with van der Waals surface area (Å²) in [6.45, 7) is -0.159. The molecule has 1 N–H and O–H groups in total. The van der Waals surface area contributed by atoms with Gasteiger partial charge in [-0.2, -0.15) is 13.2 Å². The van der Waals surface area contributed by atoms with Gasteiger partial charge < -0.3 is 14.6 Å². The van der Waals surface area contributed by atoms with Crippen molar-refractivity contribution in [1.29, 1.82) is 0 Å². The second kappa shape index (κ2) is 6.42.